The van der Waals surface area contributed by atoms with Crippen molar-refractivity contribution in [1.29, 1.82) is 0 Å². The highest BCUT2D eigenvalue weighted by Gasteiger charge is 2.11. The molecule has 3 rings (SSSR count). The van der Waals surface area contributed by atoms with Crippen molar-refractivity contribution in [3.05, 3.63) is 57.5 Å². The van der Waals surface area contributed by atoms with Gasteiger partial charge in [-0.1, -0.05) is 29.4 Å². The van der Waals surface area contributed by atoms with Crippen LogP contribution in [0.25, 0.3) is 5.69 Å². The van der Waals surface area contributed by atoms with Gasteiger partial charge < -0.3 is 5.32 Å². The molecule has 0 saturated heterocycles. The summed E-state index contributed by atoms with van der Waals surface area (Å²) < 4.78 is 1.81. The molecule has 0 saturated carbocycles. The van der Waals surface area contributed by atoms with Gasteiger partial charge in [0, 0.05) is 9.90 Å². The van der Waals surface area contributed by atoms with Gasteiger partial charge in [-0.05, 0) is 42.1 Å². The number of hydrogen-bond donors (Lipinski definition) is 1. The minimum atomic E-state index is -0.0338. The van der Waals surface area contributed by atoms with Crippen LogP contribution >= 0.6 is 34.7 Å². The standard InChI is InChI=1S/C16H15ClN4OS2/c1-11-5-6-23-14(11)8-18-15(22)9-24-16-20-19-10-21(16)13-4-2-3-12(17)7-13/h2-7,10H,8-9H2,1H3,(H,18,22). The Morgan fingerprint density at radius 2 is 2.29 bits per heavy atom. The quantitative estimate of drug-likeness (QED) is 0.664. The van der Waals surface area contributed by atoms with Crippen LogP contribution in [0.5, 0.6) is 0 Å². The van der Waals surface area contributed by atoms with Crippen molar-refractivity contribution in [3.8, 4) is 5.69 Å². The summed E-state index contributed by atoms with van der Waals surface area (Å²) in [7, 11) is 0. The number of amides is 1. The third kappa shape index (κ3) is 4.17. The van der Waals surface area contributed by atoms with E-state index in [0.29, 0.717) is 16.7 Å². The summed E-state index contributed by atoms with van der Waals surface area (Å²) in [4.78, 5) is 13.2. The second-order valence-corrected chi connectivity index (χ2v) is 7.44. The van der Waals surface area contributed by atoms with Gasteiger partial charge in [-0.15, -0.1) is 21.5 Å². The molecule has 0 atom stereocenters. The van der Waals surface area contributed by atoms with Crippen LogP contribution in [-0.2, 0) is 11.3 Å². The molecule has 0 aliphatic heterocycles. The maximum Gasteiger partial charge on any atom is 0.230 e. The van der Waals surface area contributed by atoms with Gasteiger partial charge in [0.15, 0.2) is 5.16 Å². The lowest BCUT2D eigenvalue weighted by atomic mass is 10.3. The molecule has 8 heteroatoms. The summed E-state index contributed by atoms with van der Waals surface area (Å²) >= 11 is 9.01. The Morgan fingerprint density at radius 1 is 1.42 bits per heavy atom. The number of thiophene rings is 1. The normalized spacial score (nSPS) is 10.8. The molecule has 2 aromatic heterocycles. The minimum Gasteiger partial charge on any atom is -0.350 e. The molecule has 24 heavy (non-hydrogen) atoms. The van der Waals surface area contributed by atoms with E-state index in [4.69, 9.17) is 11.6 Å². The van der Waals surface area contributed by atoms with Gasteiger partial charge in [-0.2, -0.15) is 0 Å². The Kier molecular flexibility index (Phi) is 5.55. The van der Waals surface area contributed by atoms with E-state index in [1.54, 1.807) is 17.7 Å². The number of nitrogens with zero attached hydrogens (tertiary/aromatic N) is 3. The van der Waals surface area contributed by atoms with Crippen LogP contribution in [0.3, 0.4) is 0 Å². The fourth-order valence-corrected chi connectivity index (χ4v) is 3.86. The first-order chi connectivity index (χ1) is 11.6. The molecule has 2 heterocycles. The summed E-state index contributed by atoms with van der Waals surface area (Å²) in [5.74, 6) is 0.248. The zero-order chi connectivity index (χ0) is 16.9. The fourth-order valence-electron chi connectivity index (χ4n) is 2.07. The monoisotopic (exact) mass is 378 g/mol. The van der Waals surface area contributed by atoms with E-state index in [1.807, 2.05) is 47.2 Å². The van der Waals surface area contributed by atoms with Crippen LogP contribution in [-0.4, -0.2) is 26.4 Å². The van der Waals surface area contributed by atoms with Crippen LogP contribution in [0.15, 0.2) is 47.2 Å². The number of benzene rings is 1. The predicted molar refractivity (Wildman–Crippen MR) is 98.0 cm³/mol. The van der Waals surface area contributed by atoms with Gasteiger partial charge in [0.2, 0.25) is 5.91 Å². The molecule has 1 amide bonds. The van der Waals surface area contributed by atoms with Crippen molar-refractivity contribution in [3.63, 3.8) is 0 Å². The maximum absolute atomic E-state index is 12.0. The number of thioether (sulfide) groups is 1. The molecule has 124 valence electrons. The number of aryl methyl sites for hydroxylation is 1. The molecule has 3 aromatic rings. The Morgan fingerprint density at radius 3 is 3.04 bits per heavy atom. The number of rotatable bonds is 6. The first kappa shape index (κ1) is 17.0. The summed E-state index contributed by atoms with van der Waals surface area (Å²) in [5.41, 5.74) is 2.07. The lowest BCUT2D eigenvalue weighted by Gasteiger charge is -2.07. The highest BCUT2D eigenvalue weighted by atomic mass is 35.5. The van der Waals surface area contributed by atoms with Crippen LogP contribution < -0.4 is 5.32 Å². The molecule has 0 fully saturated rings. The number of hydrogen-bond acceptors (Lipinski definition) is 5. The Labute approximate surface area is 153 Å². The highest BCUT2D eigenvalue weighted by Crippen LogP contribution is 2.21. The second kappa shape index (κ2) is 7.83. The first-order valence-corrected chi connectivity index (χ1v) is 9.46. The maximum atomic E-state index is 12.0. The second-order valence-electron chi connectivity index (χ2n) is 5.06. The van der Waals surface area contributed by atoms with Crippen molar-refractivity contribution in [2.45, 2.75) is 18.6 Å². The van der Waals surface area contributed by atoms with E-state index >= 15 is 0 Å². The smallest absolute Gasteiger partial charge is 0.230 e. The van der Waals surface area contributed by atoms with E-state index in [9.17, 15) is 4.79 Å². The number of carbonyl (C=O) groups is 1. The molecule has 5 nitrogen and oxygen atoms in total. The third-order valence-electron chi connectivity index (χ3n) is 3.35. The lowest BCUT2D eigenvalue weighted by molar-refractivity contribution is -0.118. The van der Waals surface area contributed by atoms with Crippen LogP contribution in [0, 0.1) is 6.92 Å². The van der Waals surface area contributed by atoms with Gasteiger partial charge in [-0.25, -0.2) is 0 Å². The molecule has 0 spiro atoms. The molecule has 0 bridgehead atoms. The van der Waals surface area contributed by atoms with E-state index in [-0.39, 0.29) is 11.7 Å². The van der Waals surface area contributed by atoms with Crippen molar-refractivity contribution in [2.75, 3.05) is 5.75 Å². The first-order valence-electron chi connectivity index (χ1n) is 7.22. The van der Waals surface area contributed by atoms with Crippen molar-refractivity contribution >= 4 is 40.6 Å². The molecule has 0 radical (unpaired) electrons. The minimum absolute atomic E-state index is 0.0338. The van der Waals surface area contributed by atoms with Crippen LogP contribution in [0.1, 0.15) is 10.4 Å². The average molecular weight is 379 g/mol. The van der Waals surface area contributed by atoms with Gasteiger partial charge in [0.25, 0.3) is 0 Å². The number of halogens is 1. The Hall–Kier alpha value is -1.83. The highest BCUT2D eigenvalue weighted by molar-refractivity contribution is 7.99. The van der Waals surface area contributed by atoms with E-state index in [0.717, 1.165) is 5.69 Å². The molecular formula is C16H15ClN4OS2. The Bertz CT molecular complexity index is 846. The zero-order valence-electron chi connectivity index (χ0n) is 12.9. The molecule has 0 unspecified atom stereocenters. The summed E-state index contributed by atoms with van der Waals surface area (Å²) in [6, 6.07) is 9.46. The van der Waals surface area contributed by atoms with E-state index in [2.05, 4.69) is 15.5 Å². The van der Waals surface area contributed by atoms with Gasteiger partial charge in [0.05, 0.1) is 18.0 Å². The lowest BCUT2D eigenvalue weighted by Crippen LogP contribution is -2.24. The van der Waals surface area contributed by atoms with Crippen LogP contribution in [0.4, 0.5) is 0 Å². The molecule has 0 aliphatic carbocycles. The summed E-state index contributed by atoms with van der Waals surface area (Å²) in [5, 5.41) is 14.2. The van der Waals surface area contributed by atoms with Gasteiger partial charge in [0.1, 0.15) is 6.33 Å². The summed E-state index contributed by atoms with van der Waals surface area (Å²) in [6.07, 6.45) is 1.61. The molecule has 0 aliphatic rings. The van der Waals surface area contributed by atoms with E-state index < -0.39 is 0 Å². The molecule has 1 N–H and O–H groups in total. The molecule has 1 aromatic carbocycles. The Balaban J connectivity index is 1.58. The number of aromatic nitrogens is 3. The largest absolute Gasteiger partial charge is 0.350 e. The van der Waals surface area contributed by atoms with Crippen molar-refractivity contribution < 1.29 is 4.79 Å². The van der Waals surface area contributed by atoms with Crippen molar-refractivity contribution in [2.24, 2.45) is 0 Å². The third-order valence-corrected chi connectivity index (χ3v) is 5.55. The number of nitrogens with one attached hydrogen (secondary N) is 1. The SMILES string of the molecule is Cc1ccsc1CNC(=O)CSc1nncn1-c1cccc(Cl)c1. The zero-order valence-corrected chi connectivity index (χ0v) is 15.3. The van der Waals surface area contributed by atoms with Gasteiger partial charge in [-0.3, -0.25) is 9.36 Å². The topological polar surface area (TPSA) is 59.8 Å². The molecular weight excluding hydrogens is 364 g/mol. The van der Waals surface area contributed by atoms with Gasteiger partial charge >= 0.3 is 0 Å². The summed E-state index contributed by atoms with van der Waals surface area (Å²) in [6.45, 7) is 2.60. The predicted octanol–water partition coefficient (Wildman–Crippen LogP) is 3.70. The van der Waals surface area contributed by atoms with E-state index in [1.165, 1.54) is 22.2 Å². The van der Waals surface area contributed by atoms with Crippen molar-refractivity contribution in [1.82, 2.24) is 20.1 Å². The van der Waals surface area contributed by atoms with Crippen LogP contribution in [0.2, 0.25) is 5.02 Å². The average Bonchev–Trinajstić information content (AvgIpc) is 3.19. The fraction of sp³-hybridized carbons (Fsp3) is 0.188. The number of carbonyl (C=O) groups excluding carboxylic acids is 1.